The van der Waals surface area contributed by atoms with Crippen LogP contribution < -0.4 is 0 Å². The summed E-state index contributed by atoms with van der Waals surface area (Å²) in [6, 6.07) is 21.2. The molecule has 0 aliphatic heterocycles. The fourth-order valence-electron chi connectivity index (χ4n) is 4.42. The number of fused-ring (bicyclic) bond motifs is 2. The fourth-order valence-corrected chi connectivity index (χ4v) is 4.42. The first-order chi connectivity index (χ1) is 16.1. The van der Waals surface area contributed by atoms with Crippen LogP contribution in [0.2, 0.25) is 0 Å². The van der Waals surface area contributed by atoms with Crippen LogP contribution in [-0.4, -0.2) is 60.2 Å². The zero-order valence-corrected chi connectivity index (χ0v) is 18.2. The summed E-state index contributed by atoms with van der Waals surface area (Å²) in [5, 5.41) is 10.5. The molecule has 1 aliphatic carbocycles. The minimum absolute atomic E-state index is 0. The van der Waals surface area contributed by atoms with Gasteiger partial charge in [0.2, 0.25) is 0 Å². The predicted octanol–water partition coefficient (Wildman–Crippen LogP) is 4.93. The summed E-state index contributed by atoms with van der Waals surface area (Å²) in [5.41, 5.74) is 6.41. The van der Waals surface area contributed by atoms with Gasteiger partial charge >= 0.3 is 35.5 Å². The number of imidazole rings is 1. The number of aromatic carboxylic acids is 1. The van der Waals surface area contributed by atoms with E-state index in [0.29, 0.717) is 23.7 Å². The number of rotatable bonds is 5. The van der Waals surface area contributed by atoms with Gasteiger partial charge in [-0.3, -0.25) is 0 Å². The Morgan fingerprint density at radius 3 is 2.56 bits per heavy atom. The molecule has 1 N–H and O–H groups in total. The topological polar surface area (TPSA) is 80.9 Å². The third-order valence-electron chi connectivity index (χ3n) is 6.23. The Balaban J connectivity index is 0.00000241. The molecule has 3 heterocycles. The quantitative estimate of drug-likeness (QED) is 0.378. The number of carbonyl (C=O) groups is 1. The Morgan fingerprint density at radius 2 is 1.76 bits per heavy atom. The van der Waals surface area contributed by atoms with E-state index >= 15 is 0 Å². The molecule has 5 aromatic rings. The second kappa shape index (κ2) is 8.95. The van der Waals surface area contributed by atoms with Gasteiger partial charge in [0, 0.05) is 22.6 Å². The average molecular weight is 458 g/mol. The second-order valence-corrected chi connectivity index (χ2v) is 8.70. The number of benzene rings is 2. The van der Waals surface area contributed by atoms with Gasteiger partial charge in [0.15, 0.2) is 5.65 Å². The van der Waals surface area contributed by atoms with Crippen molar-refractivity contribution in [3.8, 4) is 11.3 Å². The number of carboxylic acid groups (broad SMARTS) is 1. The summed E-state index contributed by atoms with van der Waals surface area (Å²) in [4.78, 5) is 26.0. The number of aryl methyl sites for hydroxylation is 1. The molecule has 0 radical (unpaired) electrons. The molecule has 0 saturated heterocycles. The number of nitrogens with zero attached hydrogens (tertiary/aromatic N) is 4. The van der Waals surface area contributed by atoms with Gasteiger partial charge < -0.3 is 9.67 Å². The molecule has 6 rings (SSSR count). The van der Waals surface area contributed by atoms with Crippen LogP contribution in [-0.2, 0) is 6.54 Å². The number of carboxylic acids is 1. The number of hydrogen-bond donors (Lipinski definition) is 1. The van der Waals surface area contributed by atoms with E-state index in [2.05, 4.69) is 22.8 Å². The first-order valence-electron chi connectivity index (χ1n) is 11.1. The molecule has 164 valence electrons. The van der Waals surface area contributed by atoms with Gasteiger partial charge in [0.05, 0.1) is 23.3 Å². The minimum atomic E-state index is -0.953. The van der Waals surface area contributed by atoms with E-state index in [1.165, 1.54) is 12.8 Å². The van der Waals surface area contributed by atoms with Gasteiger partial charge in [-0.05, 0) is 61.7 Å². The molecule has 0 amide bonds. The van der Waals surface area contributed by atoms with E-state index in [1.807, 2.05) is 37.3 Å². The summed E-state index contributed by atoms with van der Waals surface area (Å²) in [6.45, 7) is 2.72. The second-order valence-electron chi connectivity index (χ2n) is 8.70. The summed E-state index contributed by atoms with van der Waals surface area (Å²) in [5.74, 6) is 0.700. The normalized spacial score (nSPS) is 13.2. The predicted molar refractivity (Wildman–Crippen MR) is 135 cm³/mol. The molecule has 1 aliphatic rings. The maximum absolute atomic E-state index is 11.6. The molecule has 1 saturated carbocycles. The van der Waals surface area contributed by atoms with E-state index in [1.54, 1.807) is 18.2 Å². The maximum atomic E-state index is 11.6. The molecular formula is C27H23N4NaO2. The van der Waals surface area contributed by atoms with Gasteiger partial charge in [0.25, 0.3) is 0 Å². The van der Waals surface area contributed by atoms with Gasteiger partial charge in [-0.25, -0.2) is 19.7 Å². The van der Waals surface area contributed by atoms with Crippen molar-refractivity contribution in [3.63, 3.8) is 0 Å². The van der Waals surface area contributed by atoms with Crippen molar-refractivity contribution in [3.05, 3.63) is 89.4 Å². The number of hydrogen-bond acceptors (Lipinski definition) is 4. The van der Waals surface area contributed by atoms with Crippen LogP contribution in [0.1, 0.15) is 46.2 Å². The molecule has 0 atom stereocenters. The van der Waals surface area contributed by atoms with E-state index in [-0.39, 0.29) is 35.1 Å². The Morgan fingerprint density at radius 1 is 0.971 bits per heavy atom. The molecule has 0 unspecified atom stereocenters. The molecule has 34 heavy (non-hydrogen) atoms. The van der Waals surface area contributed by atoms with Crippen LogP contribution in [0, 0.1) is 6.92 Å². The van der Waals surface area contributed by atoms with Crippen LogP contribution in [0.3, 0.4) is 0 Å². The third kappa shape index (κ3) is 4.13. The van der Waals surface area contributed by atoms with Crippen LogP contribution in [0.5, 0.6) is 0 Å². The molecule has 1 fully saturated rings. The molecule has 6 nitrogen and oxygen atoms in total. The van der Waals surface area contributed by atoms with E-state index in [9.17, 15) is 9.90 Å². The van der Waals surface area contributed by atoms with Crippen molar-refractivity contribution < 1.29 is 9.90 Å². The Bertz CT molecular complexity index is 1560. The molecule has 0 bridgehead atoms. The fraction of sp³-hybridized carbons (Fsp3) is 0.185. The molecular weight excluding hydrogens is 435 g/mol. The van der Waals surface area contributed by atoms with Crippen molar-refractivity contribution in [2.45, 2.75) is 32.2 Å². The van der Waals surface area contributed by atoms with Crippen molar-refractivity contribution in [2.24, 2.45) is 0 Å². The molecule has 0 spiro atoms. The zero-order valence-electron chi connectivity index (χ0n) is 18.2. The van der Waals surface area contributed by atoms with Crippen molar-refractivity contribution in [2.75, 3.05) is 0 Å². The van der Waals surface area contributed by atoms with Gasteiger partial charge in [-0.1, -0.05) is 30.3 Å². The summed E-state index contributed by atoms with van der Waals surface area (Å²) in [6.07, 6.45) is 2.37. The number of aromatic nitrogens is 4. The SMILES string of the molecule is Cc1ccc2nc(C3CC3)n(Cc3ccc4nc(-c5ccccc5C(=O)O)ccc4c3)c2n1.[NaH]. The summed E-state index contributed by atoms with van der Waals surface area (Å²) < 4.78 is 2.26. The van der Waals surface area contributed by atoms with Crippen LogP contribution in [0.4, 0.5) is 0 Å². The first-order valence-corrected chi connectivity index (χ1v) is 11.1. The Labute approximate surface area is 219 Å². The summed E-state index contributed by atoms with van der Waals surface area (Å²) in [7, 11) is 0. The van der Waals surface area contributed by atoms with Crippen LogP contribution >= 0.6 is 0 Å². The van der Waals surface area contributed by atoms with Gasteiger partial charge in [-0.15, -0.1) is 0 Å². The van der Waals surface area contributed by atoms with Crippen molar-refractivity contribution in [1.29, 1.82) is 0 Å². The van der Waals surface area contributed by atoms with Gasteiger partial charge in [-0.2, -0.15) is 0 Å². The average Bonchev–Trinajstić information content (AvgIpc) is 3.62. The van der Waals surface area contributed by atoms with E-state index < -0.39 is 5.97 Å². The van der Waals surface area contributed by atoms with E-state index in [4.69, 9.17) is 15.0 Å². The monoisotopic (exact) mass is 458 g/mol. The first kappa shape index (κ1) is 22.7. The standard InChI is InChI=1S/C27H22N4O2.Na.H/c1-16-6-11-24-26(28-16)31(25(30-24)18-8-9-18)15-17-7-12-22-19(14-17)10-13-23(29-22)20-4-2-3-5-21(20)27(32)33;;/h2-7,10-14,18H,8-9,15H2,1H3,(H,32,33);;. The molecule has 3 aromatic heterocycles. The molecule has 2 aromatic carbocycles. The summed E-state index contributed by atoms with van der Waals surface area (Å²) >= 11 is 0. The van der Waals surface area contributed by atoms with Crippen molar-refractivity contribution >= 4 is 57.6 Å². The van der Waals surface area contributed by atoms with Gasteiger partial charge in [0.1, 0.15) is 11.3 Å². The Kier molecular flexibility index (Phi) is 5.98. The third-order valence-corrected chi connectivity index (χ3v) is 6.23. The number of pyridine rings is 2. The van der Waals surface area contributed by atoms with Crippen LogP contribution in [0.15, 0.2) is 66.7 Å². The Hall–Kier alpha value is -3.06. The van der Waals surface area contributed by atoms with Crippen molar-refractivity contribution in [1.82, 2.24) is 19.5 Å². The zero-order chi connectivity index (χ0) is 22.5. The van der Waals surface area contributed by atoms with Crippen LogP contribution in [0.25, 0.3) is 33.3 Å². The molecule has 7 heteroatoms. The van der Waals surface area contributed by atoms with E-state index in [0.717, 1.165) is 39.1 Å².